The molecule has 4 heteroatoms. The highest BCUT2D eigenvalue weighted by molar-refractivity contribution is 5.71. The molecule has 0 saturated carbocycles. The van der Waals surface area contributed by atoms with Gasteiger partial charge in [-0.1, -0.05) is 42.0 Å². The second-order valence-corrected chi connectivity index (χ2v) is 9.25. The Bertz CT molecular complexity index is 1120. The van der Waals surface area contributed by atoms with E-state index in [1.54, 1.807) is 7.11 Å². The van der Waals surface area contributed by atoms with Crippen molar-refractivity contribution < 1.29 is 9.47 Å². The molecule has 5 rings (SSSR count). The lowest BCUT2D eigenvalue weighted by Crippen LogP contribution is -2.55. The highest BCUT2D eigenvalue weighted by Gasteiger charge is 2.61. The number of aryl methyl sites for hydroxylation is 1. The van der Waals surface area contributed by atoms with Crippen molar-refractivity contribution in [1.29, 1.82) is 0 Å². The van der Waals surface area contributed by atoms with Crippen LogP contribution in [-0.2, 0) is 6.54 Å². The number of nitrogens with zero attached hydrogens (tertiary/aromatic N) is 1. The molecule has 2 aromatic carbocycles. The molecule has 1 fully saturated rings. The van der Waals surface area contributed by atoms with Gasteiger partial charge in [0, 0.05) is 29.6 Å². The van der Waals surface area contributed by atoms with Gasteiger partial charge in [0.1, 0.15) is 0 Å². The quantitative estimate of drug-likeness (QED) is 0.642. The molecule has 1 atom stereocenters. The molecule has 1 unspecified atom stereocenters. The van der Waals surface area contributed by atoms with Crippen LogP contribution in [0.15, 0.2) is 65.9 Å². The van der Waals surface area contributed by atoms with Crippen LogP contribution in [0.4, 0.5) is 5.69 Å². The van der Waals surface area contributed by atoms with Gasteiger partial charge in [0.25, 0.3) is 0 Å². The lowest BCUT2D eigenvalue weighted by atomic mass is 9.75. The van der Waals surface area contributed by atoms with Gasteiger partial charge < -0.3 is 20.1 Å². The van der Waals surface area contributed by atoms with Crippen LogP contribution in [-0.4, -0.2) is 17.7 Å². The number of rotatable bonds is 3. The van der Waals surface area contributed by atoms with E-state index in [0.717, 1.165) is 30.7 Å². The Kier molecular flexibility index (Phi) is 4.44. The van der Waals surface area contributed by atoms with Crippen molar-refractivity contribution in [3.05, 3.63) is 82.6 Å². The number of methoxy groups -OCH3 is 1. The van der Waals surface area contributed by atoms with Gasteiger partial charge in [-0.05, 0) is 63.0 Å². The molecule has 1 aliphatic carbocycles. The topological polar surface area (TPSA) is 47.7 Å². The molecule has 2 N–H and O–H groups in total. The summed E-state index contributed by atoms with van der Waals surface area (Å²) in [5, 5.41) is 0. The van der Waals surface area contributed by atoms with Crippen LogP contribution in [0.25, 0.3) is 6.08 Å². The Hall–Kier alpha value is -3.14. The fraction of sp³-hybridized carbons (Fsp3) is 0.333. The molecule has 4 nitrogen and oxygen atoms in total. The minimum atomic E-state index is -0.656. The summed E-state index contributed by atoms with van der Waals surface area (Å²) in [5.74, 6) is 1.42. The van der Waals surface area contributed by atoms with Crippen LogP contribution in [0.3, 0.4) is 0 Å². The molecule has 0 radical (unpaired) electrons. The largest absolute Gasteiger partial charge is 0.493 e. The van der Waals surface area contributed by atoms with E-state index in [0.29, 0.717) is 11.4 Å². The van der Waals surface area contributed by atoms with E-state index in [9.17, 15) is 0 Å². The average Bonchev–Trinajstić information content (AvgIpc) is 2.94. The number of anilines is 1. The molecular formula is C27H30N2O2. The molecule has 1 spiro atoms. The van der Waals surface area contributed by atoms with Gasteiger partial charge in [-0.25, -0.2) is 0 Å². The van der Waals surface area contributed by atoms with Gasteiger partial charge in [-0.2, -0.15) is 0 Å². The standard InChI is InChI=1S/C27H30N2O2/c1-18-9-11-19(12-10-18)17-29-23-8-6-5-7-22(23)26(2,3)27(29)14-13-20-15-21(28)16-24(30-4)25(20)31-27/h7-16H,5-6,17,28H2,1-4H3. The Morgan fingerprint density at radius 1 is 1.10 bits per heavy atom. The number of ether oxygens (including phenoxy) is 2. The van der Waals surface area contributed by atoms with Gasteiger partial charge in [0.15, 0.2) is 11.5 Å². The zero-order valence-electron chi connectivity index (χ0n) is 18.7. The highest BCUT2D eigenvalue weighted by atomic mass is 16.5. The molecule has 2 heterocycles. The number of fused-ring (bicyclic) bond motifs is 2. The normalized spacial score (nSPS) is 23.0. The average molecular weight is 415 g/mol. The second-order valence-electron chi connectivity index (χ2n) is 9.25. The van der Waals surface area contributed by atoms with Crippen LogP contribution in [0.2, 0.25) is 0 Å². The number of nitrogens with two attached hydrogens (primary N) is 1. The maximum atomic E-state index is 6.95. The summed E-state index contributed by atoms with van der Waals surface area (Å²) < 4.78 is 12.6. The fourth-order valence-electron chi connectivity index (χ4n) is 5.19. The van der Waals surface area contributed by atoms with Gasteiger partial charge in [0.2, 0.25) is 5.72 Å². The number of benzene rings is 2. The number of hydrogen-bond donors (Lipinski definition) is 1. The molecule has 2 aliphatic heterocycles. The predicted octanol–water partition coefficient (Wildman–Crippen LogP) is 5.83. The van der Waals surface area contributed by atoms with E-state index in [4.69, 9.17) is 15.2 Å². The summed E-state index contributed by atoms with van der Waals surface area (Å²) >= 11 is 0. The number of hydrogen-bond acceptors (Lipinski definition) is 4. The molecule has 3 aliphatic rings. The molecular weight excluding hydrogens is 384 g/mol. The van der Waals surface area contributed by atoms with Crippen molar-refractivity contribution in [3.63, 3.8) is 0 Å². The molecule has 0 aromatic heterocycles. The summed E-state index contributed by atoms with van der Waals surface area (Å²) in [7, 11) is 1.66. The Morgan fingerprint density at radius 3 is 2.58 bits per heavy atom. The number of nitrogen functional groups attached to an aromatic ring is 1. The van der Waals surface area contributed by atoms with Crippen molar-refractivity contribution in [2.75, 3.05) is 12.8 Å². The Morgan fingerprint density at radius 2 is 1.84 bits per heavy atom. The van der Waals surface area contributed by atoms with E-state index in [1.165, 1.54) is 22.4 Å². The summed E-state index contributed by atoms with van der Waals surface area (Å²) in [6.45, 7) is 7.46. The minimum Gasteiger partial charge on any atom is -0.493 e. The summed E-state index contributed by atoms with van der Waals surface area (Å²) in [4.78, 5) is 2.43. The van der Waals surface area contributed by atoms with Crippen molar-refractivity contribution in [2.45, 2.75) is 45.9 Å². The first kappa shape index (κ1) is 19.8. The first-order chi connectivity index (χ1) is 14.9. The van der Waals surface area contributed by atoms with E-state index in [1.807, 2.05) is 12.1 Å². The third-order valence-electron chi connectivity index (χ3n) is 6.92. The van der Waals surface area contributed by atoms with E-state index in [-0.39, 0.29) is 5.41 Å². The third kappa shape index (κ3) is 2.88. The maximum Gasteiger partial charge on any atom is 0.212 e. The molecule has 1 saturated heterocycles. The molecule has 0 amide bonds. The van der Waals surface area contributed by atoms with Gasteiger partial charge in [-0.15, -0.1) is 0 Å². The first-order valence-electron chi connectivity index (χ1n) is 11.0. The summed E-state index contributed by atoms with van der Waals surface area (Å²) in [5.41, 5.74) is 12.0. The van der Waals surface area contributed by atoms with Crippen molar-refractivity contribution in [2.24, 2.45) is 5.41 Å². The monoisotopic (exact) mass is 414 g/mol. The van der Waals surface area contributed by atoms with Crippen LogP contribution in [0, 0.1) is 12.3 Å². The smallest absolute Gasteiger partial charge is 0.212 e. The van der Waals surface area contributed by atoms with Crippen LogP contribution < -0.4 is 15.2 Å². The zero-order valence-corrected chi connectivity index (χ0v) is 18.7. The van der Waals surface area contributed by atoms with Gasteiger partial charge >= 0.3 is 0 Å². The lowest BCUT2D eigenvalue weighted by Gasteiger charge is -2.46. The van der Waals surface area contributed by atoms with Gasteiger partial charge in [0.05, 0.1) is 12.5 Å². The van der Waals surface area contributed by atoms with E-state index < -0.39 is 5.72 Å². The fourth-order valence-corrected chi connectivity index (χ4v) is 5.19. The van der Waals surface area contributed by atoms with Crippen molar-refractivity contribution in [3.8, 4) is 11.5 Å². The number of likely N-dealkylation sites (tertiary alicyclic amines) is 1. The first-order valence-corrected chi connectivity index (χ1v) is 11.0. The Balaban J connectivity index is 1.67. The highest BCUT2D eigenvalue weighted by Crippen LogP contribution is 2.59. The maximum absolute atomic E-state index is 6.95. The summed E-state index contributed by atoms with van der Waals surface area (Å²) in [6.07, 6.45) is 11.2. The van der Waals surface area contributed by atoms with Crippen molar-refractivity contribution in [1.82, 2.24) is 4.90 Å². The SMILES string of the molecule is COc1cc(N)cc2c1OC1(C=C2)N(Cc2ccc(C)cc2)C2=CCCC=C2C1(C)C. The van der Waals surface area contributed by atoms with Crippen LogP contribution >= 0.6 is 0 Å². The second kappa shape index (κ2) is 6.94. The minimum absolute atomic E-state index is 0.245. The van der Waals surface area contributed by atoms with Gasteiger partial charge in [-0.3, -0.25) is 0 Å². The Labute approximate surface area is 184 Å². The van der Waals surface area contributed by atoms with Crippen molar-refractivity contribution >= 4 is 11.8 Å². The molecule has 0 bridgehead atoms. The molecule has 160 valence electrons. The van der Waals surface area contributed by atoms with E-state index >= 15 is 0 Å². The summed E-state index contributed by atoms with van der Waals surface area (Å²) in [6, 6.07) is 12.6. The molecule has 2 aromatic rings. The van der Waals surface area contributed by atoms with Crippen LogP contribution in [0.1, 0.15) is 43.4 Å². The number of allylic oxidation sites excluding steroid dienone is 3. The lowest BCUT2D eigenvalue weighted by molar-refractivity contribution is -0.0718. The van der Waals surface area contributed by atoms with Crippen LogP contribution in [0.5, 0.6) is 11.5 Å². The predicted molar refractivity (Wildman–Crippen MR) is 126 cm³/mol. The van der Waals surface area contributed by atoms with E-state index in [2.05, 4.69) is 74.2 Å². The molecule has 31 heavy (non-hydrogen) atoms. The third-order valence-corrected chi connectivity index (χ3v) is 6.92. The zero-order chi connectivity index (χ0) is 21.8.